The topological polar surface area (TPSA) is 121 Å². The fourth-order valence-electron chi connectivity index (χ4n) is 6.75. The van der Waals surface area contributed by atoms with Crippen LogP contribution in [0.25, 0.3) is 22.2 Å². The van der Waals surface area contributed by atoms with Crippen molar-refractivity contribution in [3.63, 3.8) is 0 Å². The van der Waals surface area contributed by atoms with Crippen molar-refractivity contribution in [3.05, 3.63) is 76.6 Å². The Kier molecular flexibility index (Phi) is 9.22. The molecule has 2 N–H and O–H groups in total. The van der Waals surface area contributed by atoms with Crippen molar-refractivity contribution in [2.45, 2.75) is 57.5 Å². The lowest BCUT2D eigenvalue weighted by atomic mass is 9.88. The lowest BCUT2D eigenvalue weighted by molar-refractivity contribution is -0.137. The molecule has 0 amide bonds. The van der Waals surface area contributed by atoms with E-state index in [9.17, 15) is 31.5 Å². The van der Waals surface area contributed by atoms with E-state index < -0.39 is 27.9 Å². The van der Waals surface area contributed by atoms with E-state index in [1.165, 1.54) is 16.4 Å². The number of aliphatic hydroxyl groups is 1. The van der Waals surface area contributed by atoms with Gasteiger partial charge in [0.05, 0.1) is 42.3 Å². The number of nitrogens with one attached hydrogen (secondary N) is 1. The number of hydrogen-bond donors (Lipinski definition) is 2. The van der Waals surface area contributed by atoms with Gasteiger partial charge in [-0.05, 0) is 74.7 Å². The van der Waals surface area contributed by atoms with Gasteiger partial charge in [-0.1, -0.05) is 12.1 Å². The number of rotatable bonds is 9. The molecule has 1 saturated heterocycles. The number of ether oxygens (including phenoxy) is 1. The minimum absolute atomic E-state index is 0.0588. The van der Waals surface area contributed by atoms with Crippen molar-refractivity contribution in [1.82, 2.24) is 24.0 Å². The van der Waals surface area contributed by atoms with Gasteiger partial charge in [0.15, 0.2) is 0 Å². The van der Waals surface area contributed by atoms with Crippen molar-refractivity contribution in [3.8, 4) is 11.3 Å². The van der Waals surface area contributed by atoms with Gasteiger partial charge in [0.2, 0.25) is 10.0 Å². The molecule has 2 aromatic heterocycles. The normalized spacial score (nSPS) is 17.6. The average Bonchev–Trinajstić information content (AvgIpc) is 3.62. The molecule has 1 fully saturated rings. The smallest absolute Gasteiger partial charge is 0.416 e. The Morgan fingerprint density at radius 3 is 2.49 bits per heavy atom. The number of carbonyl (C=O) groups is 1. The number of hydrogen-bond acceptors (Lipinski definition) is 7. The van der Waals surface area contributed by atoms with Crippen molar-refractivity contribution in [2.24, 2.45) is 0 Å². The van der Waals surface area contributed by atoms with Gasteiger partial charge < -0.3 is 19.7 Å². The quantitative estimate of drug-likeness (QED) is 0.245. The number of esters is 1. The summed E-state index contributed by atoms with van der Waals surface area (Å²) in [4.78, 5) is 17.8. The van der Waals surface area contributed by atoms with E-state index in [0.717, 1.165) is 66.5 Å². The minimum Gasteiger partial charge on any atom is -0.462 e. The summed E-state index contributed by atoms with van der Waals surface area (Å²) in [5, 5.41) is 16.9. The number of benzene rings is 2. The maximum atomic E-state index is 13.2. The summed E-state index contributed by atoms with van der Waals surface area (Å²) in [6.45, 7) is 4.51. The van der Waals surface area contributed by atoms with Crippen LogP contribution in [0.1, 0.15) is 58.4 Å². The van der Waals surface area contributed by atoms with Crippen LogP contribution >= 0.6 is 0 Å². The second kappa shape index (κ2) is 13.1. The highest BCUT2D eigenvalue weighted by atomic mass is 32.2. The van der Waals surface area contributed by atoms with E-state index in [4.69, 9.17) is 9.84 Å². The number of carbonyl (C=O) groups excluding carboxylic acids is 1. The number of piperidine rings is 1. The fourth-order valence-corrected chi connectivity index (χ4v) is 7.54. The van der Waals surface area contributed by atoms with Crippen LogP contribution < -0.4 is 0 Å². The van der Waals surface area contributed by atoms with Crippen molar-refractivity contribution >= 4 is 26.9 Å². The Bertz CT molecular complexity index is 1860. The summed E-state index contributed by atoms with van der Waals surface area (Å²) in [6.07, 6.45) is 0.00747. The molecular formula is C33H38F3N5O5S. The number of alkyl halides is 3. The van der Waals surface area contributed by atoms with Crippen LogP contribution in [0.4, 0.5) is 13.2 Å². The van der Waals surface area contributed by atoms with E-state index in [-0.39, 0.29) is 31.5 Å². The Morgan fingerprint density at radius 1 is 1.11 bits per heavy atom. The Hall–Kier alpha value is -3.72. The third-order valence-corrected chi connectivity index (χ3v) is 10.4. The van der Waals surface area contributed by atoms with E-state index in [1.54, 1.807) is 17.7 Å². The maximum Gasteiger partial charge on any atom is 0.416 e. The molecule has 4 heterocycles. The van der Waals surface area contributed by atoms with E-state index in [2.05, 4.69) is 9.88 Å². The molecule has 252 valence electrons. The summed E-state index contributed by atoms with van der Waals surface area (Å²) in [5.41, 5.74) is 4.15. The molecule has 0 aliphatic carbocycles. The molecule has 0 spiro atoms. The number of nitrogens with zero attached hydrogens (tertiary/aromatic N) is 4. The number of H-pyrrole nitrogens is 1. The van der Waals surface area contributed by atoms with Gasteiger partial charge in [0, 0.05) is 60.0 Å². The second-order valence-electron chi connectivity index (χ2n) is 12.3. The van der Waals surface area contributed by atoms with Gasteiger partial charge >= 0.3 is 12.1 Å². The molecule has 4 aromatic rings. The second-order valence-corrected chi connectivity index (χ2v) is 14.3. The van der Waals surface area contributed by atoms with Gasteiger partial charge in [0.1, 0.15) is 0 Å². The molecule has 14 heteroatoms. The minimum atomic E-state index is -4.48. The molecular weight excluding hydrogens is 635 g/mol. The number of β-amino-alcohol motifs (C(OH)–C–C–N with tert-alkyl or cyclic N) is 1. The number of likely N-dealkylation sites (tertiary alicyclic amines) is 1. The van der Waals surface area contributed by atoms with Crippen LogP contribution in [0.15, 0.2) is 48.7 Å². The fraction of sp³-hybridized carbons (Fsp3) is 0.455. The van der Waals surface area contributed by atoms with E-state index in [0.29, 0.717) is 42.0 Å². The number of aromatic amines is 1. The molecule has 0 unspecified atom stereocenters. The van der Waals surface area contributed by atoms with Crippen LogP contribution in [0.3, 0.4) is 0 Å². The molecule has 2 aliphatic heterocycles. The van der Waals surface area contributed by atoms with Crippen LogP contribution in [0.5, 0.6) is 0 Å². The predicted molar refractivity (Wildman–Crippen MR) is 170 cm³/mol. The first kappa shape index (κ1) is 33.2. The molecule has 0 saturated carbocycles. The van der Waals surface area contributed by atoms with Gasteiger partial charge in [-0.15, -0.1) is 0 Å². The standard InChI is InChI=1S/C33H38F3N5O5S/c1-3-46-32(43)23-6-9-29-26(16-23)27(17-37-29)21-10-13-39(14-11-21)18-25(42)19-41-30-12-15-40(47(2,44)45)20-28(30)31(38-41)22-4-7-24(8-5-22)33(34,35)36/h4-9,16-17,21,25,37,42H,3,10-15,18-20H2,1-2H3/t25-/m0/s1. The SMILES string of the molecule is CCOC(=O)c1ccc2[nH]cc(C3CCN(C[C@H](O)Cn4nc(-c5ccc(C(F)(F)F)cc5)c5c4CCN(S(C)(=O)=O)C5)CC3)c2c1. The third kappa shape index (κ3) is 7.10. The molecule has 6 rings (SSSR count). The predicted octanol–water partition coefficient (Wildman–Crippen LogP) is 4.79. The molecule has 2 aliphatic rings. The first-order valence-electron chi connectivity index (χ1n) is 15.7. The number of aliphatic hydroxyl groups excluding tert-OH is 1. The summed E-state index contributed by atoms with van der Waals surface area (Å²) in [6, 6.07) is 10.2. The first-order valence-corrected chi connectivity index (χ1v) is 17.6. The average molecular weight is 674 g/mol. The molecule has 1 atom stereocenters. The Balaban J connectivity index is 1.14. The van der Waals surface area contributed by atoms with Crippen LogP contribution in [-0.4, -0.2) is 88.6 Å². The molecule has 0 radical (unpaired) electrons. The van der Waals surface area contributed by atoms with Gasteiger partial charge in [-0.2, -0.15) is 22.6 Å². The van der Waals surface area contributed by atoms with Crippen LogP contribution in [0, 0.1) is 0 Å². The zero-order valence-corrected chi connectivity index (χ0v) is 27.1. The van der Waals surface area contributed by atoms with Crippen LogP contribution in [0.2, 0.25) is 0 Å². The third-order valence-electron chi connectivity index (χ3n) is 9.16. The Labute approximate surface area is 271 Å². The summed E-state index contributed by atoms with van der Waals surface area (Å²) in [5.74, 6) is -0.0557. The zero-order valence-electron chi connectivity index (χ0n) is 26.3. The Morgan fingerprint density at radius 2 is 1.83 bits per heavy atom. The van der Waals surface area contributed by atoms with Gasteiger partial charge in [-0.25, -0.2) is 13.2 Å². The largest absolute Gasteiger partial charge is 0.462 e. The van der Waals surface area contributed by atoms with Gasteiger partial charge in [-0.3, -0.25) is 4.68 Å². The number of aromatic nitrogens is 3. The highest BCUT2D eigenvalue weighted by Crippen LogP contribution is 2.36. The monoisotopic (exact) mass is 673 g/mol. The highest BCUT2D eigenvalue weighted by molar-refractivity contribution is 7.88. The molecule has 2 aromatic carbocycles. The lowest BCUT2D eigenvalue weighted by Gasteiger charge is -2.33. The van der Waals surface area contributed by atoms with Crippen molar-refractivity contribution in [1.29, 1.82) is 0 Å². The number of fused-ring (bicyclic) bond motifs is 2. The van der Waals surface area contributed by atoms with E-state index in [1.807, 2.05) is 18.3 Å². The molecule has 10 nitrogen and oxygen atoms in total. The number of halogens is 3. The first-order chi connectivity index (χ1) is 22.3. The zero-order chi connectivity index (χ0) is 33.5. The maximum absolute atomic E-state index is 13.2. The summed E-state index contributed by atoms with van der Waals surface area (Å²) < 4.78 is 72.5. The molecule has 47 heavy (non-hydrogen) atoms. The van der Waals surface area contributed by atoms with Crippen molar-refractivity contribution < 1.29 is 36.2 Å². The molecule has 0 bridgehead atoms. The van der Waals surface area contributed by atoms with Crippen LogP contribution in [-0.2, 0) is 40.4 Å². The summed E-state index contributed by atoms with van der Waals surface area (Å²) >= 11 is 0. The highest BCUT2D eigenvalue weighted by Gasteiger charge is 2.33. The number of sulfonamides is 1. The van der Waals surface area contributed by atoms with E-state index >= 15 is 0 Å². The summed E-state index contributed by atoms with van der Waals surface area (Å²) in [7, 11) is -3.50. The van der Waals surface area contributed by atoms with Gasteiger partial charge in [0.25, 0.3) is 0 Å². The lowest BCUT2D eigenvalue weighted by Crippen LogP contribution is -2.40. The van der Waals surface area contributed by atoms with Crippen molar-refractivity contribution in [2.75, 3.05) is 39.0 Å².